The first kappa shape index (κ1) is 15.5. The molecule has 1 saturated heterocycles. The standard InChI is InChI=1S/C15H21BrN2O2/c16-14-10-12(15(19)20)4-5-13(14)11-17-6-9-18-7-2-1-3-8-18/h4-5,10,17H,1-3,6-9,11H2,(H,19,20). The van der Waals surface area contributed by atoms with Gasteiger partial charge < -0.3 is 15.3 Å². The predicted octanol–water partition coefficient (Wildman–Crippen LogP) is 2.72. The van der Waals surface area contributed by atoms with Crippen molar-refractivity contribution in [1.29, 1.82) is 0 Å². The number of carboxylic acids is 1. The fraction of sp³-hybridized carbons (Fsp3) is 0.533. The smallest absolute Gasteiger partial charge is 0.335 e. The summed E-state index contributed by atoms with van der Waals surface area (Å²) in [4.78, 5) is 13.4. The molecule has 1 aliphatic rings. The molecule has 0 spiro atoms. The summed E-state index contributed by atoms with van der Waals surface area (Å²) in [5, 5.41) is 12.3. The van der Waals surface area contributed by atoms with E-state index in [1.165, 1.54) is 32.4 Å². The van der Waals surface area contributed by atoms with Crippen LogP contribution in [0.25, 0.3) is 0 Å². The molecule has 2 N–H and O–H groups in total. The molecule has 0 atom stereocenters. The van der Waals surface area contributed by atoms with E-state index in [1.54, 1.807) is 12.1 Å². The number of benzene rings is 1. The molecule has 0 unspecified atom stereocenters. The van der Waals surface area contributed by atoms with Crippen LogP contribution in [0.4, 0.5) is 0 Å². The van der Waals surface area contributed by atoms with Crippen LogP contribution in [-0.2, 0) is 6.54 Å². The molecular formula is C15H21BrN2O2. The Balaban J connectivity index is 1.74. The molecule has 1 fully saturated rings. The van der Waals surface area contributed by atoms with Crippen molar-refractivity contribution in [2.75, 3.05) is 26.2 Å². The Morgan fingerprint density at radius 3 is 2.70 bits per heavy atom. The summed E-state index contributed by atoms with van der Waals surface area (Å²) in [5.41, 5.74) is 1.41. The van der Waals surface area contributed by atoms with E-state index in [2.05, 4.69) is 26.1 Å². The summed E-state index contributed by atoms with van der Waals surface area (Å²) in [7, 11) is 0. The Kier molecular flexibility index (Phi) is 6.01. The second kappa shape index (κ2) is 7.76. The number of likely N-dealkylation sites (tertiary alicyclic amines) is 1. The third-order valence-electron chi connectivity index (χ3n) is 3.67. The molecule has 4 nitrogen and oxygen atoms in total. The maximum Gasteiger partial charge on any atom is 0.335 e. The number of rotatable bonds is 6. The van der Waals surface area contributed by atoms with Crippen LogP contribution in [-0.4, -0.2) is 42.2 Å². The normalized spacial score (nSPS) is 16.2. The lowest BCUT2D eigenvalue weighted by atomic mass is 10.1. The zero-order valence-corrected chi connectivity index (χ0v) is 13.2. The summed E-state index contributed by atoms with van der Waals surface area (Å²) in [6.07, 6.45) is 4.01. The first-order valence-corrected chi connectivity index (χ1v) is 7.91. The Morgan fingerprint density at radius 1 is 1.30 bits per heavy atom. The highest BCUT2D eigenvalue weighted by molar-refractivity contribution is 9.10. The summed E-state index contributed by atoms with van der Waals surface area (Å²) >= 11 is 3.43. The lowest BCUT2D eigenvalue weighted by Crippen LogP contribution is -2.35. The summed E-state index contributed by atoms with van der Waals surface area (Å²) in [5.74, 6) is -0.893. The van der Waals surface area contributed by atoms with Gasteiger partial charge in [-0.3, -0.25) is 0 Å². The lowest BCUT2D eigenvalue weighted by molar-refractivity contribution is 0.0697. The molecule has 0 saturated carbocycles. The Morgan fingerprint density at radius 2 is 2.05 bits per heavy atom. The Bertz CT molecular complexity index is 459. The van der Waals surface area contributed by atoms with E-state index in [1.807, 2.05) is 6.07 Å². The Labute approximate surface area is 128 Å². The van der Waals surface area contributed by atoms with Crippen molar-refractivity contribution in [2.45, 2.75) is 25.8 Å². The minimum atomic E-state index is -0.893. The second-order valence-corrected chi connectivity index (χ2v) is 6.04. The molecule has 5 heteroatoms. The fourth-order valence-corrected chi connectivity index (χ4v) is 2.99. The van der Waals surface area contributed by atoms with Gasteiger partial charge in [0.15, 0.2) is 0 Å². The average molecular weight is 341 g/mol. The number of piperidine rings is 1. The highest BCUT2D eigenvalue weighted by Crippen LogP contribution is 2.18. The van der Waals surface area contributed by atoms with E-state index >= 15 is 0 Å². The molecule has 0 bridgehead atoms. The highest BCUT2D eigenvalue weighted by Gasteiger charge is 2.09. The first-order valence-electron chi connectivity index (χ1n) is 7.11. The largest absolute Gasteiger partial charge is 0.478 e. The predicted molar refractivity (Wildman–Crippen MR) is 83.1 cm³/mol. The van der Waals surface area contributed by atoms with Gasteiger partial charge in [0.05, 0.1) is 5.56 Å². The van der Waals surface area contributed by atoms with Crippen LogP contribution in [0, 0.1) is 0 Å². The van der Waals surface area contributed by atoms with Gasteiger partial charge in [-0.2, -0.15) is 0 Å². The second-order valence-electron chi connectivity index (χ2n) is 5.19. The van der Waals surface area contributed by atoms with Crippen molar-refractivity contribution < 1.29 is 9.90 Å². The van der Waals surface area contributed by atoms with Crippen LogP contribution >= 0.6 is 15.9 Å². The van der Waals surface area contributed by atoms with E-state index in [0.29, 0.717) is 5.56 Å². The summed E-state index contributed by atoms with van der Waals surface area (Å²) in [6, 6.07) is 5.17. The van der Waals surface area contributed by atoms with Gasteiger partial charge in [0.25, 0.3) is 0 Å². The van der Waals surface area contributed by atoms with Crippen molar-refractivity contribution in [2.24, 2.45) is 0 Å². The number of nitrogens with one attached hydrogen (secondary N) is 1. The van der Waals surface area contributed by atoms with Crippen LogP contribution in [0.2, 0.25) is 0 Å². The molecule has 1 aromatic carbocycles. The monoisotopic (exact) mass is 340 g/mol. The van der Waals surface area contributed by atoms with Crippen LogP contribution in [0.5, 0.6) is 0 Å². The zero-order valence-electron chi connectivity index (χ0n) is 11.6. The van der Waals surface area contributed by atoms with Crippen LogP contribution in [0.15, 0.2) is 22.7 Å². The van der Waals surface area contributed by atoms with Gasteiger partial charge >= 0.3 is 5.97 Å². The van der Waals surface area contributed by atoms with Crippen molar-refractivity contribution in [3.8, 4) is 0 Å². The van der Waals surface area contributed by atoms with Gasteiger partial charge in [-0.25, -0.2) is 4.79 Å². The van der Waals surface area contributed by atoms with E-state index in [0.717, 1.165) is 29.7 Å². The van der Waals surface area contributed by atoms with Gasteiger partial charge in [0.1, 0.15) is 0 Å². The number of carboxylic acid groups (broad SMARTS) is 1. The van der Waals surface area contributed by atoms with Gasteiger partial charge in [0.2, 0.25) is 0 Å². The molecule has 0 aromatic heterocycles. The summed E-state index contributed by atoms with van der Waals surface area (Å²) in [6.45, 7) is 5.25. The fourth-order valence-electron chi connectivity index (χ4n) is 2.47. The van der Waals surface area contributed by atoms with E-state index in [4.69, 9.17) is 5.11 Å². The molecule has 110 valence electrons. The lowest BCUT2D eigenvalue weighted by Gasteiger charge is -2.26. The van der Waals surface area contributed by atoms with Crippen molar-refractivity contribution in [1.82, 2.24) is 10.2 Å². The SMILES string of the molecule is O=C(O)c1ccc(CNCCN2CCCCC2)c(Br)c1. The third-order valence-corrected chi connectivity index (χ3v) is 4.41. The van der Waals surface area contributed by atoms with Crippen molar-refractivity contribution in [3.63, 3.8) is 0 Å². The molecule has 1 heterocycles. The number of carbonyl (C=O) groups is 1. The molecular weight excluding hydrogens is 320 g/mol. The Hall–Kier alpha value is -0.910. The number of halogens is 1. The van der Waals surface area contributed by atoms with Gasteiger partial charge in [-0.05, 0) is 43.6 Å². The third kappa shape index (κ3) is 4.58. The molecule has 0 aliphatic carbocycles. The number of hydrogen-bond donors (Lipinski definition) is 2. The average Bonchev–Trinajstić information content (AvgIpc) is 2.46. The molecule has 0 radical (unpaired) electrons. The maximum absolute atomic E-state index is 10.9. The summed E-state index contributed by atoms with van der Waals surface area (Å²) < 4.78 is 0.850. The molecule has 2 rings (SSSR count). The highest BCUT2D eigenvalue weighted by atomic mass is 79.9. The van der Waals surface area contributed by atoms with Gasteiger partial charge in [-0.15, -0.1) is 0 Å². The van der Waals surface area contributed by atoms with Crippen LogP contribution in [0.1, 0.15) is 35.2 Å². The number of aromatic carboxylic acids is 1. The van der Waals surface area contributed by atoms with Gasteiger partial charge in [0, 0.05) is 24.1 Å². The molecule has 0 amide bonds. The quantitative estimate of drug-likeness (QED) is 0.782. The number of nitrogens with zero attached hydrogens (tertiary/aromatic N) is 1. The van der Waals surface area contributed by atoms with Crippen LogP contribution < -0.4 is 5.32 Å². The maximum atomic E-state index is 10.9. The van der Waals surface area contributed by atoms with Crippen molar-refractivity contribution in [3.05, 3.63) is 33.8 Å². The molecule has 1 aliphatic heterocycles. The van der Waals surface area contributed by atoms with E-state index < -0.39 is 5.97 Å². The first-order chi connectivity index (χ1) is 9.66. The van der Waals surface area contributed by atoms with E-state index in [9.17, 15) is 4.79 Å². The molecule has 1 aromatic rings. The van der Waals surface area contributed by atoms with Crippen molar-refractivity contribution >= 4 is 21.9 Å². The van der Waals surface area contributed by atoms with Crippen LogP contribution in [0.3, 0.4) is 0 Å². The zero-order chi connectivity index (χ0) is 14.4. The topological polar surface area (TPSA) is 52.6 Å². The minimum absolute atomic E-state index is 0.314. The molecule has 20 heavy (non-hydrogen) atoms. The number of hydrogen-bond acceptors (Lipinski definition) is 3. The van der Waals surface area contributed by atoms with E-state index in [-0.39, 0.29) is 0 Å². The van der Waals surface area contributed by atoms with Gasteiger partial charge in [-0.1, -0.05) is 28.4 Å². The minimum Gasteiger partial charge on any atom is -0.478 e.